The topological polar surface area (TPSA) is 79.0 Å². The maximum atomic E-state index is 12.5. The first-order valence-electron chi connectivity index (χ1n) is 8.93. The van der Waals surface area contributed by atoms with E-state index >= 15 is 0 Å². The fourth-order valence-electron chi connectivity index (χ4n) is 2.87. The van der Waals surface area contributed by atoms with Crippen molar-refractivity contribution in [3.05, 3.63) is 29.3 Å². The average Bonchev–Trinajstić information content (AvgIpc) is 2.61. The number of rotatable bonds is 7. The van der Waals surface area contributed by atoms with Crippen LogP contribution in [0.4, 0.5) is 0 Å². The van der Waals surface area contributed by atoms with E-state index in [0.717, 1.165) is 0 Å². The van der Waals surface area contributed by atoms with Gasteiger partial charge in [0.15, 0.2) is 5.60 Å². The molecule has 0 bridgehead atoms. The van der Waals surface area contributed by atoms with E-state index in [1.54, 1.807) is 38.1 Å². The van der Waals surface area contributed by atoms with Gasteiger partial charge in [-0.2, -0.15) is 17.0 Å². The highest BCUT2D eigenvalue weighted by atomic mass is 35.5. The molecule has 1 aromatic rings. The van der Waals surface area contributed by atoms with Crippen molar-refractivity contribution in [2.45, 2.75) is 32.3 Å². The van der Waals surface area contributed by atoms with Crippen LogP contribution in [0.2, 0.25) is 5.02 Å². The number of nitrogens with one attached hydrogen (secondary N) is 1. The van der Waals surface area contributed by atoms with Crippen molar-refractivity contribution in [1.29, 1.82) is 0 Å². The molecule has 1 amide bonds. The number of piperidine rings is 1. The van der Waals surface area contributed by atoms with Crippen molar-refractivity contribution in [2.75, 3.05) is 33.7 Å². The van der Waals surface area contributed by atoms with Crippen molar-refractivity contribution in [3.8, 4) is 5.75 Å². The van der Waals surface area contributed by atoms with E-state index in [4.69, 9.17) is 16.3 Å². The van der Waals surface area contributed by atoms with Gasteiger partial charge in [-0.05, 0) is 56.9 Å². The van der Waals surface area contributed by atoms with Crippen molar-refractivity contribution in [3.63, 3.8) is 0 Å². The van der Waals surface area contributed by atoms with Gasteiger partial charge in [0, 0.05) is 38.8 Å². The number of hydrogen-bond acceptors (Lipinski definition) is 4. The Kier molecular flexibility index (Phi) is 7.13. The Morgan fingerprint density at radius 3 is 2.33 bits per heavy atom. The van der Waals surface area contributed by atoms with Crippen molar-refractivity contribution < 1.29 is 17.9 Å². The van der Waals surface area contributed by atoms with E-state index in [1.807, 2.05) is 0 Å². The van der Waals surface area contributed by atoms with E-state index in [9.17, 15) is 13.2 Å². The zero-order chi connectivity index (χ0) is 20.2. The van der Waals surface area contributed by atoms with Gasteiger partial charge in [0.05, 0.1) is 0 Å². The van der Waals surface area contributed by atoms with Crippen LogP contribution in [0.15, 0.2) is 24.3 Å². The maximum absolute atomic E-state index is 12.5. The lowest BCUT2D eigenvalue weighted by Gasteiger charge is -2.33. The Balaban J connectivity index is 1.82. The van der Waals surface area contributed by atoms with Crippen LogP contribution in [0.1, 0.15) is 26.7 Å². The Hall–Kier alpha value is -1.35. The van der Waals surface area contributed by atoms with Crippen LogP contribution in [0, 0.1) is 5.92 Å². The molecule has 0 spiro atoms. The van der Waals surface area contributed by atoms with E-state index < -0.39 is 15.8 Å². The van der Waals surface area contributed by atoms with E-state index in [-0.39, 0.29) is 11.8 Å². The number of benzene rings is 1. The Bertz CT molecular complexity index is 742. The third kappa shape index (κ3) is 5.81. The number of amides is 1. The summed E-state index contributed by atoms with van der Waals surface area (Å²) in [7, 11) is -0.301. The second-order valence-electron chi connectivity index (χ2n) is 7.41. The van der Waals surface area contributed by atoms with E-state index in [1.165, 1.54) is 22.7 Å². The molecule has 1 aromatic carbocycles. The lowest BCUT2D eigenvalue weighted by Crippen LogP contribution is -2.49. The minimum Gasteiger partial charge on any atom is -0.478 e. The molecule has 0 radical (unpaired) electrons. The summed E-state index contributed by atoms with van der Waals surface area (Å²) in [6.45, 7) is 4.85. The van der Waals surface area contributed by atoms with Gasteiger partial charge in [0.25, 0.3) is 16.1 Å². The molecule has 0 aromatic heterocycles. The lowest BCUT2D eigenvalue weighted by atomic mass is 9.97. The summed E-state index contributed by atoms with van der Waals surface area (Å²) >= 11 is 5.86. The van der Waals surface area contributed by atoms with Crippen molar-refractivity contribution in [2.24, 2.45) is 5.92 Å². The van der Waals surface area contributed by atoms with Crippen LogP contribution in [-0.4, -0.2) is 62.3 Å². The van der Waals surface area contributed by atoms with Crippen LogP contribution < -0.4 is 10.1 Å². The third-order valence-corrected chi connectivity index (χ3v) is 6.84. The molecule has 2 rings (SSSR count). The first-order chi connectivity index (χ1) is 12.5. The summed E-state index contributed by atoms with van der Waals surface area (Å²) in [5.74, 6) is 0.608. The number of ether oxygens (including phenoxy) is 1. The molecule has 0 unspecified atom stereocenters. The second kappa shape index (κ2) is 8.77. The van der Waals surface area contributed by atoms with Gasteiger partial charge in [-0.3, -0.25) is 4.79 Å². The number of halogens is 1. The molecule has 0 aliphatic carbocycles. The van der Waals surface area contributed by atoms with Gasteiger partial charge in [0.1, 0.15) is 5.75 Å². The maximum Gasteiger partial charge on any atom is 0.281 e. The molecule has 1 saturated heterocycles. The highest BCUT2D eigenvalue weighted by Gasteiger charge is 2.32. The van der Waals surface area contributed by atoms with E-state index in [2.05, 4.69) is 5.32 Å². The smallest absolute Gasteiger partial charge is 0.281 e. The normalized spacial score (nSPS) is 17.1. The molecular formula is C18H28ClN3O4S. The van der Waals surface area contributed by atoms with Crippen molar-refractivity contribution in [1.82, 2.24) is 13.9 Å². The van der Waals surface area contributed by atoms with Gasteiger partial charge in [0.2, 0.25) is 0 Å². The highest BCUT2D eigenvalue weighted by molar-refractivity contribution is 7.86. The van der Waals surface area contributed by atoms with E-state index in [0.29, 0.717) is 43.2 Å². The fraction of sp³-hybridized carbons (Fsp3) is 0.611. The summed E-state index contributed by atoms with van der Waals surface area (Å²) in [6, 6.07) is 6.86. The van der Waals surface area contributed by atoms with Crippen LogP contribution in [0.3, 0.4) is 0 Å². The van der Waals surface area contributed by atoms with Gasteiger partial charge < -0.3 is 10.1 Å². The first kappa shape index (κ1) is 21.9. The average molecular weight is 418 g/mol. The summed E-state index contributed by atoms with van der Waals surface area (Å²) in [6.07, 6.45) is 1.43. The molecule has 152 valence electrons. The number of carbonyl (C=O) groups excluding carboxylic acids is 1. The largest absolute Gasteiger partial charge is 0.478 e. The summed E-state index contributed by atoms with van der Waals surface area (Å²) < 4.78 is 32.8. The predicted octanol–water partition coefficient (Wildman–Crippen LogP) is 2.13. The molecule has 27 heavy (non-hydrogen) atoms. The first-order valence-corrected chi connectivity index (χ1v) is 10.7. The molecule has 1 aliphatic rings. The number of carbonyl (C=O) groups is 1. The molecule has 0 atom stereocenters. The van der Waals surface area contributed by atoms with Gasteiger partial charge in [-0.25, -0.2) is 0 Å². The monoisotopic (exact) mass is 417 g/mol. The van der Waals surface area contributed by atoms with Gasteiger partial charge in [-0.1, -0.05) is 11.6 Å². The predicted molar refractivity (Wildman–Crippen MR) is 106 cm³/mol. The highest BCUT2D eigenvalue weighted by Crippen LogP contribution is 2.22. The molecule has 0 saturated carbocycles. The van der Waals surface area contributed by atoms with Crippen LogP contribution in [0.25, 0.3) is 0 Å². The molecule has 9 heteroatoms. The summed E-state index contributed by atoms with van der Waals surface area (Å²) in [5, 5.41) is 3.54. The van der Waals surface area contributed by atoms with Crippen molar-refractivity contribution >= 4 is 27.7 Å². The standard InChI is InChI=1S/C18H28ClN3O4S/c1-18(2,26-16-7-5-15(19)6-8-16)17(23)20-13-14-9-11-22(12-10-14)27(24,25)21(3)4/h5-8,14H,9-13H2,1-4H3,(H,20,23). The number of nitrogens with zero attached hydrogens (tertiary/aromatic N) is 2. The quantitative estimate of drug-likeness (QED) is 0.737. The Labute approximate surface area is 166 Å². The molecule has 1 N–H and O–H groups in total. The molecule has 1 aliphatic heterocycles. The van der Waals surface area contributed by atoms with Crippen LogP contribution in [0.5, 0.6) is 5.75 Å². The second-order valence-corrected chi connectivity index (χ2v) is 9.99. The van der Waals surface area contributed by atoms with Gasteiger partial charge >= 0.3 is 0 Å². The molecule has 1 heterocycles. The molecule has 7 nitrogen and oxygen atoms in total. The minimum absolute atomic E-state index is 0.208. The summed E-state index contributed by atoms with van der Waals surface area (Å²) in [5.41, 5.74) is -1.03. The summed E-state index contributed by atoms with van der Waals surface area (Å²) in [4.78, 5) is 12.5. The number of hydrogen-bond donors (Lipinski definition) is 1. The van der Waals surface area contributed by atoms with Gasteiger partial charge in [-0.15, -0.1) is 0 Å². The zero-order valence-corrected chi connectivity index (χ0v) is 17.8. The Morgan fingerprint density at radius 2 is 1.81 bits per heavy atom. The molecular weight excluding hydrogens is 390 g/mol. The minimum atomic E-state index is -3.37. The third-order valence-electron chi connectivity index (χ3n) is 4.65. The van der Waals surface area contributed by atoms with Crippen LogP contribution in [-0.2, 0) is 15.0 Å². The Morgan fingerprint density at radius 1 is 1.26 bits per heavy atom. The molecule has 1 fully saturated rings. The lowest BCUT2D eigenvalue weighted by molar-refractivity contribution is -0.134. The fourth-order valence-corrected chi connectivity index (χ4v) is 4.13. The zero-order valence-electron chi connectivity index (χ0n) is 16.2. The van der Waals surface area contributed by atoms with Crippen LogP contribution >= 0.6 is 11.6 Å². The SMILES string of the molecule is CN(C)S(=O)(=O)N1CCC(CNC(=O)C(C)(C)Oc2ccc(Cl)cc2)CC1.